The first-order valence-electron chi connectivity index (χ1n) is 4.64. The molecule has 1 aliphatic rings. The number of aliphatic hydroxyl groups is 1. The maximum absolute atomic E-state index is 9.23. The number of aliphatic hydroxyl groups excluding tert-OH is 1. The summed E-state index contributed by atoms with van der Waals surface area (Å²) in [4.78, 5) is 7.79. The van der Waals surface area contributed by atoms with Gasteiger partial charge in [0.1, 0.15) is 0 Å². The lowest BCUT2D eigenvalue weighted by molar-refractivity contribution is 0.201. The van der Waals surface area contributed by atoms with Gasteiger partial charge in [-0.2, -0.15) is 4.99 Å². The van der Waals surface area contributed by atoms with Gasteiger partial charge in [-0.15, -0.1) is 0 Å². The molecular weight excluding hydrogens is 182 g/mol. The van der Waals surface area contributed by atoms with Crippen LogP contribution in [0.15, 0.2) is 9.98 Å². The smallest absolute Gasteiger partial charge is 0.219 e. The second-order valence-corrected chi connectivity index (χ2v) is 3.60. The van der Waals surface area contributed by atoms with Gasteiger partial charge in [-0.1, -0.05) is 12.8 Å². The first-order chi connectivity index (χ1) is 6.58. The van der Waals surface area contributed by atoms with Crippen molar-refractivity contribution < 1.29 is 5.11 Å². The maximum atomic E-state index is 9.23. The zero-order chi connectivity index (χ0) is 10.6. The Morgan fingerprint density at radius 1 is 1.21 bits per heavy atom. The second-order valence-electron chi connectivity index (χ2n) is 3.60. The van der Waals surface area contributed by atoms with Crippen molar-refractivity contribution in [3.8, 4) is 0 Å². The maximum Gasteiger partial charge on any atom is 0.219 e. The van der Waals surface area contributed by atoms with Crippen LogP contribution < -0.4 is 17.2 Å². The summed E-state index contributed by atoms with van der Waals surface area (Å²) >= 11 is 0. The van der Waals surface area contributed by atoms with E-state index in [4.69, 9.17) is 17.2 Å². The molecule has 0 heterocycles. The third-order valence-corrected chi connectivity index (χ3v) is 2.42. The molecule has 0 aromatic rings. The molecule has 1 rings (SSSR count). The topological polar surface area (TPSA) is 123 Å². The lowest BCUT2D eigenvalue weighted by Crippen LogP contribution is -2.32. The van der Waals surface area contributed by atoms with Crippen molar-refractivity contribution in [3.05, 3.63) is 0 Å². The highest BCUT2D eigenvalue weighted by Crippen LogP contribution is 2.32. The number of hydrogen-bond acceptors (Lipinski definition) is 2. The summed E-state index contributed by atoms with van der Waals surface area (Å²) in [6.07, 6.45) is 3.78. The zero-order valence-corrected chi connectivity index (χ0v) is 8.11. The van der Waals surface area contributed by atoms with Crippen LogP contribution in [0.3, 0.4) is 0 Å². The van der Waals surface area contributed by atoms with Crippen LogP contribution in [-0.2, 0) is 0 Å². The number of aliphatic imine (C=N–C) groups is 2. The van der Waals surface area contributed by atoms with Crippen molar-refractivity contribution in [2.24, 2.45) is 27.2 Å². The Morgan fingerprint density at radius 2 is 1.79 bits per heavy atom. The lowest BCUT2D eigenvalue weighted by Gasteiger charge is -2.20. The van der Waals surface area contributed by atoms with Crippen LogP contribution in [0, 0.1) is 0 Å². The molecule has 6 nitrogen and oxygen atoms in total. The molecule has 0 bridgehead atoms. The Morgan fingerprint density at radius 3 is 2.21 bits per heavy atom. The molecule has 0 radical (unpaired) electrons. The van der Waals surface area contributed by atoms with Crippen LogP contribution in [0.25, 0.3) is 0 Å². The van der Waals surface area contributed by atoms with Crippen LogP contribution in [0.2, 0.25) is 0 Å². The predicted molar refractivity (Wildman–Crippen MR) is 55.7 cm³/mol. The highest BCUT2D eigenvalue weighted by atomic mass is 16.3. The quantitative estimate of drug-likeness (QED) is 0.332. The van der Waals surface area contributed by atoms with E-state index < -0.39 is 5.54 Å². The summed E-state index contributed by atoms with van der Waals surface area (Å²) in [5.41, 5.74) is 15.4. The van der Waals surface area contributed by atoms with Gasteiger partial charge in [-0.3, -0.25) is 0 Å². The van der Waals surface area contributed by atoms with Gasteiger partial charge in [0.05, 0.1) is 12.1 Å². The van der Waals surface area contributed by atoms with Gasteiger partial charge in [0, 0.05) is 0 Å². The van der Waals surface area contributed by atoms with E-state index in [2.05, 4.69) is 9.98 Å². The molecule has 0 aromatic carbocycles. The Hall–Kier alpha value is -1.30. The summed E-state index contributed by atoms with van der Waals surface area (Å²) in [7, 11) is 0. The number of rotatable bonds is 2. The molecule has 1 fully saturated rings. The summed E-state index contributed by atoms with van der Waals surface area (Å²) in [5, 5.41) is 9.23. The normalized spacial score (nSPS) is 20.8. The van der Waals surface area contributed by atoms with Gasteiger partial charge < -0.3 is 22.3 Å². The van der Waals surface area contributed by atoms with Crippen LogP contribution in [0.5, 0.6) is 0 Å². The van der Waals surface area contributed by atoms with E-state index in [0.29, 0.717) is 0 Å². The van der Waals surface area contributed by atoms with Crippen LogP contribution in [0.1, 0.15) is 25.7 Å². The predicted octanol–water partition coefficient (Wildman–Crippen LogP) is -1.12. The van der Waals surface area contributed by atoms with Gasteiger partial charge in [0.25, 0.3) is 0 Å². The first-order valence-corrected chi connectivity index (χ1v) is 4.64. The summed E-state index contributed by atoms with van der Waals surface area (Å²) < 4.78 is 0. The van der Waals surface area contributed by atoms with E-state index >= 15 is 0 Å². The molecule has 0 saturated heterocycles. The summed E-state index contributed by atoms with van der Waals surface area (Å²) in [6, 6.07) is 0. The van der Waals surface area contributed by atoms with Crippen molar-refractivity contribution in [2.75, 3.05) is 6.61 Å². The van der Waals surface area contributed by atoms with Crippen molar-refractivity contribution in [2.45, 2.75) is 31.2 Å². The molecule has 0 spiro atoms. The third-order valence-electron chi connectivity index (χ3n) is 2.42. The molecule has 0 atom stereocenters. The number of nitrogens with two attached hydrogens (primary N) is 3. The standard InChI is InChI=1S/C8H17N5O/c9-6(10)12-7(11)13-8(5-14)3-1-2-4-8/h14H,1-5H2,(H6,9,10,11,12,13). The summed E-state index contributed by atoms with van der Waals surface area (Å²) in [6.45, 7) is -0.00625. The second kappa shape index (κ2) is 4.28. The average Bonchev–Trinajstić information content (AvgIpc) is 2.52. The minimum Gasteiger partial charge on any atom is -0.394 e. The number of guanidine groups is 2. The van der Waals surface area contributed by atoms with E-state index in [1.165, 1.54) is 0 Å². The molecule has 14 heavy (non-hydrogen) atoms. The van der Waals surface area contributed by atoms with Crippen molar-refractivity contribution in [3.63, 3.8) is 0 Å². The summed E-state index contributed by atoms with van der Waals surface area (Å²) in [5.74, 6) is -0.0710. The first kappa shape index (κ1) is 10.8. The molecule has 0 unspecified atom stereocenters. The van der Waals surface area contributed by atoms with Crippen molar-refractivity contribution >= 4 is 11.9 Å². The fourth-order valence-corrected chi connectivity index (χ4v) is 1.74. The Balaban J connectivity index is 2.76. The fraction of sp³-hybridized carbons (Fsp3) is 0.750. The van der Waals surface area contributed by atoms with E-state index in [1.807, 2.05) is 0 Å². The lowest BCUT2D eigenvalue weighted by atomic mass is 10.0. The highest BCUT2D eigenvalue weighted by molar-refractivity contribution is 5.92. The van der Waals surface area contributed by atoms with E-state index in [9.17, 15) is 5.11 Å². The van der Waals surface area contributed by atoms with Crippen molar-refractivity contribution in [1.82, 2.24) is 0 Å². The molecule has 1 aliphatic carbocycles. The highest BCUT2D eigenvalue weighted by Gasteiger charge is 2.32. The molecule has 0 amide bonds. The molecular formula is C8H17N5O. The van der Waals surface area contributed by atoms with Crippen LogP contribution >= 0.6 is 0 Å². The Bertz CT molecular complexity index is 250. The monoisotopic (exact) mass is 199 g/mol. The number of nitrogens with zero attached hydrogens (tertiary/aromatic N) is 2. The van der Waals surface area contributed by atoms with Gasteiger partial charge >= 0.3 is 0 Å². The molecule has 0 aliphatic heterocycles. The largest absolute Gasteiger partial charge is 0.394 e. The van der Waals surface area contributed by atoms with Crippen LogP contribution in [-0.4, -0.2) is 29.2 Å². The zero-order valence-electron chi connectivity index (χ0n) is 8.11. The van der Waals surface area contributed by atoms with E-state index in [1.54, 1.807) is 0 Å². The SMILES string of the molecule is NC(N)=NC(N)=NC1(CO)CCCC1. The average molecular weight is 199 g/mol. The minimum absolute atomic E-state index is 0.00625. The van der Waals surface area contributed by atoms with Gasteiger partial charge in [-0.05, 0) is 12.8 Å². The third kappa shape index (κ3) is 2.59. The molecule has 7 N–H and O–H groups in total. The fourth-order valence-electron chi connectivity index (χ4n) is 1.74. The minimum atomic E-state index is -0.455. The van der Waals surface area contributed by atoms with Crippen LogP contribution in [0.4, 0.5) is 0 Å². The Labute approximate surface area is 82.9 Å². The van der Waals surface area contributed by atoms with Gasteiger partial charge in [0.15, 0.2) is 5.96 Å². The molecule has 0 aromatic heterocycles. The van der Waals surface area contributed by atoms with Gasteiger partial charge in [0.2, 0.25) is 5.96 Å². The van der Waals surface area contributed by atoms with Crippen molar-refractivity contribution in [1.29, 1.82) is 0 Å². The molecule has 6 heteroatoms. The molecule has 80 valence electrons. The Kier molecular flexibility index (Phi) is 3.29. The number of hydrogen-bond donors (Lipinski definition) is 4. The van der Waals surface area contributed by atoms with E-state index in [-0.39, 0.29) is 18.5 Å². The van der Waals surface area contributed by atoms with E-state index in [0.717, 1.165) is 25.7 Å². The van der Waals surface area contributed by atoms with Gasteiger partial charge in [-0.25, -0.2) is 4.99 Å². The molecule has 1 saturated carbocycles.